The fraction of sp³-hybridized carbons (Fsp3) is 1.00. The van der Waals surface area contributed by atoms with Crippen molar-refractivity contribution in [1.82, 2.24) is 0 Å². The van der Waals surface area contributed by atoms with E-state index in [9.17, 15) is 13.2 Å². The summed E-state index contributed by atoms with van der Waals surface area (Å²) in [4.78, 5) is 0. The Morgan fingerprint density at radius 2 is 1.67 bits per heavy atom. The Labute approximate surface area is 145 Å². The number of halogens is 3. The standard InChI is InChI=1S/C20H35F3O/c1-3-5-6-7-8-14-9-11-16(20(23)19(14)22)15-10-12-18(24-4-2)17(21)13-15/h14-20H,3-13H2,1-2H3. The van der Waals surface area contributed by atoms with Gasteiger partial charge >= 0.3 is 0 Å². The molecule has 0 aromatic rings. The van der Waals surface area contributed by atoms with Gasteiger partial charge in [-0.3, -0.25) is 0 Å². The monoisotopic (exact) mass is 348 g/mol. The second-order valence-electron chi connectivity index (χ2n) is 7.82. The van der Waals surface area contributed by atoms with Gasteiger partial charge in [0, 0.05) is 6.61 Å². The molecule has 1 nitrogen and oxygen atoms in total. The van der Waals surface area contributed by atoms with E-state index < -0.39 is 18.5 Å². The number of alkyl halides is 3. The average molecular weight is 348 g/mol. The summed E-state index contributed by atoms with van der Waals surface area (Å²) in [5.41, 5.74) is 0. The van der Waals surface area contributed by atoms with Crippen LogP contribution in [0.25, 0.3) is 0 Å². The molecular weight excluding hydrogens is 313 g/mol. The molecule has 7 unspecified atom stereocenters. The van der Waals surface area contributed by atoms with Gasteiger partial charge in [-0.1, -0.05) is 32.6 Å². The van der Waals surface area contributed by atoms with Gasteiger partial charge in [0.2, 0.25) is 0 Å². The van der Waals surface area contributed by atoms with E-state index in [0.717, 1.165) is 44.9 Å². The number of hydrogen-bond donors (Lipinski definition) is 0. The van der Waals surface area contributed by atoms with Crippen LogP contribution in [0.3, 0.4) is 0 Å². The van der Waals surface area contributed by atoms with Crippen molar-refractivity contribution in [3.8, 4) is 0 Å². The number of rotatable bonds is 8. The van der Waals surface area contributed by atoms with Crippen LogP contribution < -0.4 is 0 Å². The smallest absolute Gasteiger partial charge is 0.134 e. The molecule has 2 rings (SSSR count). The zero-order chi connectivity index (χ0) is 17.5. The van der Waals surface area contributed by atoms with Crippen molar-refractivity contribution < 1.29 is 17.9 Å². The third-order valence-electron chi connectivity index (χ3n) is 6.20. The molecule has 24 heavy (non-hydrogen) atoms. The molecule has 0 radical (unpaired) electrons. The molecule has 7 atom stereocenters. The number of ether oxygens (including phenoxy) is 1. The van der Waals surface area contributed by atoms with Gasteiger partial charge in [-0.05, 0) is 63.2 Å². The molecule has 0 aromatic heterocycles. The van der Waals surface area contributed by atoms with Crippen molar-refractivity contribution in [3.05, 3.63) is 0 Å². The van der Waals surface area contributed by atoms with Crippen molar-refractivity contribution >= 4 is 0 Å². The van der Waals surface area contributed by atoms with Gasteiger partial charge < -0.3 is 4.74 Å². The van der Waals surface area contributed by atoms with Gasteiger partial charge in [-0.2, -0.15) is 0 Å². The fourth-order valence-corrected chi connectivity index (χ4v) is 4.76. The van der Waals surface area contributed by atoms with Crippen molar-refractivity contribution in [1.29, 1.82) is 0 Å². The number of hydrogen-bond acceptors (Lipinski definition) is 1. The summed E-state index contributed by atoms with van der Waals surface area (Å²) in [6.45, 7) is 4.53. The third kappa shape index (κ3) is 5.12. The van der Waals surface area contributed by atoms with Gasteiger partial charge in [0.1, 0.15) is 18.5 Å². The minimum atomic E-state index is -1.41. The van der Waals surface area contributed by atoms with Crippen LogP contribution in [0, 0.1) is 17.8 Å². The van der Waals surface area contributed by atoms with E-state index in [1.807, 2.05) is 6.92 Å². The summed E-state index contributed by atoms with van der Waals surface area (Å²) in [6.07, 6.45) is 4.35. The summed E-state index contributed by atoms with van der Waals surface area (Å²) in [7, 11) is 0. The molecule has 0 amide bonds. The lowest BCUT2D eigenvalue weighted by molar-refractivity contribution is -0.0632. The van der Waals surface area contributed by atoms with Gasteiger partial charge in [0.25, 0.3) is 0 Å². The summed E-state index contributed by atoms with van der Waals surface area (Å²) in [5, 5.41) is 0. The first kappa shape index (κ1) is 20.1. The van der Waals surface area contributed by atoms with Crippen LogP contribution in [0.1, 0.15) is 78.1 Å². The summed E-state index contributed by atoms with van der Waals surface area (Å²) < 4.78 is 48.9. The maximum absolute atomic E-state index is 14.7. The van der Waals surface area contributed by atoms with Crippen LogP contribution >= 0.6 is 0 Å². The minimum Gasteiger partial charge on any atom is -0.375 e. The van der Waals surface area contributed by atoms with Crippen molar-refractivity contribution in [3.63, 3.8) is 0 Å². The highest BCUT2D eigenvalue weighted by atomic mass is 19.2. The van der Waals surface area contributed by atoms with E-state index in [1.54, 1.807) is 0 Å². The summed E-state index contributed by atoms with van der Waals surface area (Å²) in [6, 6.07) is 0. The first-order valence-corrected chi connectivity index (χ1v) is 10.1. The molecule has 0 spiro atoms. The summed E-state index contributed by atoms with van der Waals surface area (Å²) in [5.74, 6) is -0.451. The molecule has 0 N–H and O–H groups in total. The van der Waals surface area contributed by atoms with Gasteiger partial charge in [-0.25, -0.2) is 13.2 Å². The lowest BCUT2D eigenvalue weighted by Crippen LogP contribution is -2.44. The molecular formula is C20H35F3O. The molecule has 142 valence electrons. The van der Waals surface area contributed by atoms with Gasteiger partial charge in [0.15, 0.2) is 0 Å². The lowest BCUT2D eigenvalue weighted by atomic mass is 9.68. The fourth-order valence-electron chi connectivity index (χ4n) is 4.76. The van der Waals surface area contributed by atoms with Crippen LogP contribution in [0.4, 0.5) is 13.2 Å². The summed E-state index contributed by atoms with van der Waals surface area (Å²) >= 11 is 0. The second-order valence-corrected chi connectivity index (χ2v) is 7.82. The Morgan fingerprint density at radius 1 is 0.875 bits per heavy atom. The SMILES string of the molecule is CCCCCCC1CCC(C2CCC(OCC)C(F)C2)C(F)C1F. The van der Waals surface area contributed by atoms with E-state index >= 15 is 0 Å². The predicted octanol–water partition coefficient (Wildman–Crippen LogP) is 6.20. The normalized spacial score (nSPS) is 40.6. The molecule has 0 aliphatic heterocycles. The highest BCUT2D eigenvalue weighted by Gasteiger charge is 2.45. The molecule has 4 heteroatoms. The van der Waals surface area contributed by atoms with Crippen LogP contribution in [0.15, 0.2) is 0 Å². The molecule has 0 saturated heterocycles. The van der Waals surface area contributed by atoms with E-state index in [2.05, 4.69) is 6.92 Å². The van der Waals surface area contributed by atoms with E-state index in [0.29, 0.717) is 19.4 Å². The first-order valence-electron chi connectivity index (χ1n) is 10.1. The molecule has 0 bridgehead atoms. The minimum absolute atomic E-state index is 0.0222. The van der Waals surface area contributed by atoms with Crippen molar-refractivity contribution in [2.45, 2.75) is 103 Å². The molecule has 0 heterocycles. The Bertz CT molecular complexity index is 352. The van der Waals surface area contributed by atoms with E-state index in [-0.39, 0.29) is 23.9 Å². The molecule has 2 saturated carbocycles. The highest BCUT2D eigenvalue weighted by Crippen LogP contribution is 2.44. The van der Waals surface area contributed by atoms with Crippen LogP contribution in [0.5, 0.6) is 0 Å². The van der Waals surface area contributed by atoms with Crippen molar-refractivity contribution in [2.24, 2.45) is 17.8 Å². The Hall–Kier alpha value is -0.250. The topological polar surface area (TPSA) is 9.23 Å². The molecule has 0 aromatic carbocycles. The predicted molar refractivity (Wildman–Crippen MR) is 92.4 cm³/mol. The number of unbranched alkanes of at least 4 members (excludes halogenated alkanes) is 3. The maximum atomic E-state index is 14.7. The van der Waals surface area contributed by atoms with Crippen molar-refractivity contribution in [2.75, 3.05) is 6.61 Å². The van der Waals surface area contributed by atoms with E-state index in [4.69, 9.17) is 4.74 Å². The van der Waals surface area contributed by atoms with Crippen LogP contribution in [-0.2, 0) is 4.74 Å². The molecule has 2 fully saturated rings. The average Bonchev–Trinajstić information content (AvgIpc) is 2.57. The lowest BCUT2D eigenvalue weighted by Gasteiger charge is -2.42. The molecule has 2 aliphatic carbocycles. The largest absolute Gasteiger partial charge is 0.375 e. The second kappa shape index (κ2) is 10.0. The zero-order valence-electron chi connectivity index (χ0n) is 15.4. The maximum Gasteiger partial charge on any atom is 0.134 e. The Balaban J connectivity index is 1.81. The quantitative estimate of drug-likeness (QED) is 0.474. The van der Waals surface area contributed by atoms with Gasteiger partial charge in [-0.15, -0.1) is 0 Å². The molecule has 2 aliphatic rings. The van der Waals surface area contributed by atoms with Crippen LogP contribution in [0.2, 0.25) is 0 Å². The Morgan fingerprint density at radius 3 is 2.33 bits per heavy atom. The highest BCUT2D eigenvalue weighted by molar-refractivity contribution is 4.94. The Kier molecular flexibility index (Phi) is 8.39. The van der Waals surface area contributed by atoms with E-state index in [1.165, 1.54) is 6.42 Å². The first-order chi connectivity index (χ1) is 11.6. The van der Waals surface area contributed by atoms with Gasteiger partial charge in [0.05, 0.1) is 6.10 Å². The zero-order valence-corrected chi connectivity index (χ0v) is 15.4. The van der Waals surface area contributed by atoms with Crippen LogP contribution in [-0.4, -0.2) is 31.2 Å². The third-order valence-corrected chi connectivity index (χ3v) is 6.20.